The number of anilines is 1. The van der Waals surface area contributed by atoms with E-state index in [0.717, 1.165) is 39.1 Å². The monoisotopic (exact) mass is 356 g/mol. The Morgan fingerprint density at radius 3 is 2.75 bits per heavy atom. The number of aryl methyl sites for hydroxylation is 1. The average Bonchev–Trinajstić information content (AvgIpc) is 2.81. The molecule has 108 valence electrons. The molecule has 0 saturated carbocycles. The van der Waals surface area contributed by atoms with Gasteiger partial charge in [0.2, 0.25) is 0 Å². The second kappa shape index (κ2) is 7.10. The van der Waals surface area contributed by atoms with Gasteiger partial charge >= 0.3 is 0 Å². The van der Waals surface area contributed by atoms with E-state index in [0.29, 0.717) is 13.0 Å². The van der Waals surface area contributed by atoms with Gasteiger partial charge in [-0.2, -0.15) is 0 Å². The predicted molar refractivity (Wildman–Crippen MR) is 84.3 cm³/mol. The third-order valence-corrected chi connectivity index (χ3v) is 4.37. The molecule has 5 nitrogen and oxygen atoms in total. The molecule has 0 aromatic carbocycles. The zero-order chi connectivity index (χ0) is 14.5. The fourth-order valence-electron chi connectivity index (χ4n) is 1.76. The van der Waals surface area contributed by atoms with E-state index in [1.165, 1.54) is 0 Å². The van der Waals surface area contributed by atoms with Crippen molar-refractivity contribution in [3.05, 3.63) is 32.1 Å². The van der Waals surface area contributed by atoms with Crippen molar-refractivity contribution in [2.75, 3.05) is 19.0 Å². The largest absolute Gasteiger partial charge is 0.378 e. The van der Waals surface area contributed by atoms with Gasteiger partial charge in [-0.05, 0) is 29.8 Å². The third-order valence-electron chi connectivity index (χ3n) is 2.57. The molecule has 0 aliphatic heterocycles. The molecular formula is C13H17BrN4OS. The molecule has 0 unspecified atom stereocenters. The molecule has 0 bridgehead atoms. The SMILES string of the molecule is CCNc1nc(Cc2nc(C)cs2)nc(COC)c1Br. The number of nitrogens with zero attached hydrogens (tertiary/aromatic N) is 3. The van der Waals surface area contributed by atoms with Crippen LogP contribution in [0.25, 0.3) is 0 Å². The highest BCUT2D eigenvalue weighted by Gasteiger charge is 2.13. The van der Waals surface area contributed by atoms with E-state index in [9.17, 15) is 0 Å². The summed E-state index contributed by atoms with van der Waals surface area (Å²) >= 11 is 5.16. The fourth-order valence-corrected chi connectivity index (χ4v) is 2.96. The lowest BCUT2D eigenvalue weighted by atomic mass is 10.3. The van der Waals surface area contributed by atoms with Gasteiger partial charge in [0.1, 0.15) is 16.6 Å². The number of hydrogen-bond donors (Lipinski definition) is 1. The number of nitrogens with one attached hydrogen (secondary N) is 1. The number of aromatic nitrogens is 3. The number of halogens is 1. The molecule has 20 heavy (non-hydrogen) atoms. The maximum atomic E-state index is 5.19. The Morgan fingerprint density at radius 1 is 1.35 bits per heavy atom. The Labute approximate surface area is 131 Å². The maximum Gasteiger partial charge on any atom is 0.144 e. The van der Waals surface area contributed by atoms with Crippen molar-refractivity contribution in [2.45, 2.75) is 26.9 Å². The normalized spacial score (nSPS) is 10.8. The molecule has 0 amide bonds. The molecule has 2 aromatic rings. The molecule has 1 N–H and O–H groups in total. The number of thiazole rings is 1. The van der Waals surface area contributed by atoms with Gasteiger partial charge in [-0.25, -0.2) is 15.0 Å². The molecule has 2 rings (SSSR count). The molecule has 0 aliphatic rings. The van der Waals surface area contributed by atoms with Crippen molar-refractivity contribution >= 4 is 33.1 Å². The molecule has 0 atom stereocenters. The lowest BCUT2D eigenvalue weighted by Crippen LogP contribution is -2.09. The van der Waals surface area contributed by atoms with Crippen molar-refractivity contribution < 1.29 is 4.74 Å². The van der Waals surface area contributed by atoms with Crippen LogP contribution >= 0.6 is 27.3 Å². The van der Waals surface area contributed by atoms with E-state index in [4.69, 9.17) is 4.74 Å². The first-order valence-corrected chi connectivity index (χ1v) is 8.00. The molecular weight excluding hydrogens is 340 g/mol. The van der Waals surface area contributed by atoms with Gasteiger partial charge in [0.15, 0.2) is 0 Å². The van der Waals surface area contributed by atoms with Crippen LogP contribution in [0.4, 0.5) is 5.82 Å². The fraction of sp³-hybridized carbons (Fsp3) is 0.462. The van der Waals surface area contributed by atoms with Crippen molar-refractivity contribution in [1.82, 2.24) is 15.0 Å². The van der Waals surface area contributed by atoms with Gasteiger partial charge in [0.25, 0.3) is 0 Å². The first-order valence-electron chi connectivity index (χ1n) is 6.33. The summed E-state index contributed by atoms with van der Waals surface area (Å²) in [4.78, 5) is 13.6. The van der Waals surface area contributed by atoms with Crippen LogP contribution in [0.1, 0.15) is 29.1 Å². The average molecular weight is 357 g/mol. The Balaban J connectivity index is 2.31. The van der Waals surface area contributed by atoms with Crippen LogP contribution in [0, 0.1) is 6.92 Å². The Morgan fingerprint density at radius 2 is 2.15 bits per heavy atom. The van der Waals surface area contributed by atoms with Crippen LogP contribution in [0.5, 0.6) is 0 Å². The van der Waals surface area contributed by atoms with E-state index >= 15 is 0 Å². The van der Waals surface area contributed by atoms with Crippen molar-refractivity contribution in [3.63, 3.8) is 0 Å². The molecule has 0 saturated heterocycles. The number of methoxy groups -OCH3 is 1. The zero-order valence-electron chi connectivity index (χ0n) is 11.7. The van der Waals surface area contributed by atoms with E-state index < -0.39 is 0 Å². The van der Waals surface area contributed by atoms with Crippen LogP contribution < -0.4 is 5.32 Å². The summed E-state index contributed by atoms with van der Waals surface area (Å²) in [6.07, 6.45) is 0.640. The highest BCUT2D eigenvalue weighted by molar-refractivity contribution is 9.10. The van der Waals surface area contributed by atoms with Crippen LogP contribution in [0.15, 0.2) is 9.85 Å². The van der Waals surface area contributed by atoms with Gasteiger partial charge in [-0.1, -0.05) is 0 Å². The second-order valence-electron chi connectivity index (χ2n) is 4.27. The second-order valence-corrected chi connectivity index (χ2v) is 6.01. The van der Waals surface area contributed by atoms with Gasteiger partial charge in [0, 0.05) is 24.7 Å². The Hall–Kier alpha value is -1.05. The van der Waals surface area contributed by atoms with Crippen molar-refractivity contribution in [1.29, 1.82) is 0 Å². The number of ether oxygens (including phenoxy) is 1. The van der Waals surface area contributed by atoms with Crippen molar-refractivity contribution in [2.24, 2.45) is 0 Å². The first-order chi connectivity index (χ1) is 9.63. The highest BCUT2D eigenvalue weighted by Crippen LogP contribution is 2.25. The van der Waals surface area contributed by atoms with Crippen LogP contribution in [0.2, 0.25) is 0 Å². The highest BCUT2D eigenvalue weighted by atomic mass is 79.9. The van der Waals surface area contributed by atoms with Gasteiger partial charge in [-0.3, -0.25) is 0 Å². The molecule has 0 spiro atoms. The summed E-state index contributed by atoms with van der Waals surface area (Å²) in [5.41, 5.74) is 1.88. The minimum absolute atomic E-state index is 0.450. The van der Waals surface area contributed by atoms with E-state index in [1.807, 2.05) is 19.2 Å². The lowest BCUT2D eigenvalue weighted by molar-refractivity contribution is 0.180. The summed E-state index contributed by atoms with van der Waals surface area (Å²) in [6.45, 7) is 5.28. The number of rotatable bonds is 6. The Bertz CT molecular complexity index is 560. The summed E-state index contributed by atoms with van der Waals surface area (Å²) < 4.78 is 6.05. The van der Waals surface area contributed by atoms with Crippen LogP contribution in [-0.4, -0.2) is 28.6 Å². The molecule has 2 heterocycles. The maximum absolute atomic E-state index is 5.19. The molecule has 7 heteroatoms. The molecule has 2 aromatic heterocycles. The zero-order valence-corrected chi connectivity index (χ0v) is 14.1. The smallest absolute Gasteiger partial charge is 0.144 e. The van der Waals surface area contributed by atoms with Crippen LogP contribution in [0.3, 0.4) is 0 Å². The summed E-state index contributed by atoms with van der Waals surface area (Å²) in [7, 11) is 1.66. The quantitative estimate of drug-likeness (QED) is 0.861. The van der Waals surface area contributed by atoms with E-state index in [-0.39, 0.29) is 0 Å². The summed E-state index contributed by atoms with van der Waals surface area (Å²) in [6, 6.07) is 0. The molecule has 0 radical (unpaired) electrons. The third kappa shape index (κ3) is 3.74. The predicted octanol–water partition coefficient (Wildman–Crippen LogP) is 3.17. The molecule has 0 aliphatic carbocycles. The topological polar surface area (TPSA) is 59.9 Å². The van der Waals surface area contributed by atoms with E-state index in [2.05, 4.69) is 36.2 Å². The van der Waals surface area contributed by atoms with Gasteiger partial charge in [0.05, 0.1) is 23.2 Å². The van der Waals surface area contributed by atoms with Gasteiger partial charge < -0.3 is 10.1 Å². The lowest BCUT2D eigenvalue weighted by Gasteiger charge is -2.11. The van der Waals surface area contributed by atoms with Crippen LogP contribution in [-0.2, 0) is 17.8 Å². The summed E-state index contributed by atoms with van der Waals surface area (Å²) in [5.74, 6) is 1.56. The standard InChI is InChI=1S/C13H17BrN4OS/c1-4-15-13-12(14)9(6-19-3)17-10(18-13)5-11-16-8(2)7-20-11/h7H,4-6H2,1-3H3,(H,15,17,18). The first kappa shape index (κ1) is 15.3. The number of hydrogen-bond acceptors (Lipinski definition) is 6. The van der Waals surface area contributed by atoms with Gasteiger partial charge in [-0.15, -0.1) is 11.3 Å². The minimum Gasteiger partial charge on any atom is -0.378 e. The molecule has 0 fully saturated rings. The van der Waals surface area contributed by atoms with Crippen molar-refractivity contribution in [3.8, 4) is 0 Å². The summed E-state index contributed by atoms with van der Waals surface area (Å²) in [5, 5.41) is 6.30. The van der Waals surface area contributed by atoms with E-state index in [1.54, 1.807) is 18.4 Å². The minimum atomic E-state index is 0.450. The Kier molecular flexibility index (Phi) is 5.45.